The van der Waals surface area contributed by atoms with Gasteiger partial charge in [-0.3, -0.25) is 10.2 Å². The third-order valence-corrected chi connectivity index (χ3v) is 5.13. The van der Waals surface area contributed by atoms with Gasteiger partial charge in [-0.05, 0) is 42.3 Å². The molecular weight excluding hydrogens is 428 g/mol. The molecule has 3 rings (SSSR count). The molecule has 32 heavy (non-hydrogen) atoms. The monoisotopic (exact) mass is 454 g/mol. The third-order valence-electron chi connectivity index (χ3n) is 4.76. The van der Waals surface area contributed by atoms with E-state index in [0.717, 1.165) is 18.4 Å². The molecule has 0 atom stereocenters. The Kier molecular flexibility index (Phi) is 8.69. The van der Waals surface area contributed by atoms with Gasteiger partial charge < -0.3 is 9.47 Å². The Bertz CT molecular complexity index is 1100. The van der Waals surface area contributed by atoms with E-state index in [2.05, 4.69) is 22.5 Å². The van der Waals surface area contributed by atoms with Crippen LogP contribution in [0.25, 0.3) is 5.69 Å². The van der Waals surface area contributed by atoms with Crippen LogP contribution in [-0.2, 0) is 0 Å². The topological polar surface area (TPSA) is 77.7 Å². The maximum Gasteiger partial charge on any atom is 0.292 e. The number of hydrogen-bond donors (Lipinski definition) is 1. The molecule has 0 spiro atoms. The number of ether oxygens (including phenoxy) is 2. The van der Waals surface area contributed by atoms with E-state index in [1.807, 2.05) is 36.4 Å². The second-order valence-electron chi connectivity index (χ2n) is 7.11. The predicted octanol–water partition coefficient (Wildman–Crippen LogP) is 5.30. The van der Waals surface area contributed by atoms with E-state index in [1.165, 1.54) is 23.7 Å². The van der Waals surface area contributed by atoms with E-state index in [4.69, 9.17) is 21.1 Å². The molecule has 0 aliphatic heterocycles. The van der Waals surface area contributed by atoms with Gasteiger partial charge in [0.05, 0.1) is 31.8 Å². The summed E-state index contributed by atoms with van der Waals surface area (Å²) in [4.78, 5) is 12.5. The molecule has 2 aromatic carbocycles. The molecule has 1 aromatic heterocycles. The first-order valence-electron chi connectivity index (χ1n) is 10.6. The lowest BCUT2D eigenvalue weighted by atomic mass is 10.2. The normalized spacial score (nSPS) is 11.0. The van der Waals surface area contributed by atoms with Crippen molar-refractivity contribution in [2.75, 3.05) is 19.1 Å². The molecule has 1 heterocycles. The molecule has 0 saturated carbocycles. The summed E-state index contributed by atoms with van der Waals surface area (Å²) in [5.74, 6) is 1.33. The van der Waals surface area contributed by atoms with Crippen LogP contribution in [0.1, 0.15) is 38.2 Å². The second kappa shape index (κ2) is 11.9. The Hall–Kier alpha value is -3.32. The minimum absolute atomic E-state index is 0.00500. The summed E-state index contributed by atoms with van der Waals surface area (Å²) in [7, 11) is 1.60. The van der Waals surface area contributed by atoms with Crippen molar-refractivity contribution in [2.24, 2.45) is 5.10 Å². The minimum Gasteiger partial charge on any atom is -0.493 e. The molecule has 168 valence electrons. The van der Waals surface area contributed by atoms with Crippen LogP contribution in [0.4, 0.5) is 5.69 Å². The fourth-order valence-electron chi connectivity index (χ4n) is 3.03. The van der Waals surface area contributed by atoms with Crippen LogP contribution in [0.5, 0.6) is 11.5 Å². The number of rotatable bonds is 11. The van der Waals surface area contributed by atoms with Gasteiger partial charge in [-0.2, -0.15) is 14.9 Å². The first-order chi connectivity index (χ1) is 15.6. The smallest absolute Gasteiger partial charge is 0.292 e. The van der Waals surface area contributed by atoms with Crippen LogP contribution in [0, 0.1) is 0 Å². The average molecular weight is 455 g/mol. The largest absolute Gasteiger partial charge is 0.493 e. The van der Waals surface area contributed by atoms with E-state index in [1.54, 1.807) is 25.5 Å². The number of nitrogens with one attached hydrogen (secondary N) is 1. The summed E-state index contributed by atoms with van der Waals surface area (Å²) in [6.45, 7) is 2.84. The predicted molar refractivity (Wildman–Crippen MR) is 129 cm³/mol. The summed E-state index contributed by atoms with van der Waals surface area (Å²) in [6.07, 6.45) is 7.64. The van der Waals surface area contributed by atoms with Crippen LogP contribution in [0.2, 0.25) is 5.02 Å². The van der Waals surface area contributed by atoms with Crippen LogP contribution >= 0.6 is 11.6 Å². The number of hydrazone groups is 1. The maximum atomic E-state index is 12.5. The summed E-state index contributed by atoms with van der Waals surface area (Å²) in [5, 5.41) is 8.35. The van der Waals surface area contributed by atoms with Gasteiger partial charge in [-0.1, -0.05) is 56.0 Å². The molecular formula is C24H27ClN4O3. The van der Waals surface area contributed by atoms with Gasteiger partial charge in [0.1, 0.15) is 10.7 Å². The van der Waals surface area contributed by atoms with Crippen molar-refractivity contribution in [3.8, 4) is 17.2 Å². The summed E-state index contributed by atoms with van der Waals surface area (Å²) < 4.78 is 12.5. The number of nitrogens with zero attached hydrogens (tertiary/aromatic N) is 3. The van der Waals surface area contributed by atoms with Crippen molar-refractivity contribution in [1.29, 1.82) is 0 Å². The maximum absolute atomic E-state index is 12.5. The number of hydrogen-bond acceptors (Lipinski definition) is 6. The number of unbranched alkanes of at least 4 members (excludes halogenated alkanes) is 3. The Morgan fingerprint density at radius 3 is 2.69 bits per heavy atom. The molecule has 0 radical (unpaired) electrons. The van der Waals surface area contributed by atoms with E-state index in [0.29, 0.717) is 29.5 Å². The first-order valence-corrected chi connectivity index (χ1v) is 10.9. The van der Waals surface area contributed by atoms with E-state index < -0.39 is 5.56 Å². The molecule has 0 bridgehead atoms. The molecule has 0 unspecified atom stereocenters. The fourth-order valence-corrected chi connectivity index (χ4v) is 3.21. The van der Waals surface area contributed by atoms with Gasteiger partial charge in [0.25, 0.3) is 5.56 Å². The molecule has 8 heteroatoms. The highest BCUT2D eigenvalue weighted by molar-refractivity contribution is 6.32. The molecule has 0 aliphatic rings. The lowest BCUT2D eigenvalue weighted by Gasteiger charge is -2.11. The quantitative estimate of drug-likeness (QED) is 0.241. The van der Waals surface area contributed by atoms with Crippen molar-refractivity contribution < 1.29 is 9.47 Å². The Labute approximate surface area is 192 Å². The van der Waals surface area contributed by atoms with Gasteiger partial charge in [0.15, 0.2) is 11.5 Å². The fraction of sp³-hybridized carbons (Fsp3) is 0.292. The number of anilines is 1. The second-order valence-corrected chi connectivity index (χ2v) is 7.49. The Balaban J connectivity index is 1.65. The number of halogens is 1. The number of aromatic nitrogens is 2. The lowest BCUT2D eigenvalue weighted by Crippen LogP contribution is -2.22. The van der Waals surface area contributed by atoms with Crippen molar-refractivity contribution in [1.82, 2.24) is 9.78 Å². The van der Waals surface area contributed by atoms with Gasteiger partial charge in [-0.25, -0.2) is 0 Å². The zero-order chi connectivity index (χ0) is 22.8. The molecule has 0 amide bonds. The van der Waals surface area contributed by atoms with Crippen molar-refractivity contribution >= 4 is 23.5 Å². The van der Waals surface area contributed by atoms with Gasteiger partial charge in [0.2, 0.25) is 0 Å². The molecule has 3 aromatic rings. The molecule has 0 fully saturated rings. The van der Waals surface area contributed by atoms with E-state index in [9.17, 15) is 4.79 Å². The third kappa shape index (κ3) is 6.11. The molecule has 0 saturated heterocycles. The van der Waals surface area contributed by atoms with Crippen LogP contribution in [-0.4, -0.2) is 29.7 Å². The number of methoxy groups -OCH3 is 1. The van der Waals surface area contributed by atoms with E-state index >= 15 is 0 Å². The minimum atomic E-state index is -0.430. The van der Waals surface area contributed by atoms with Crippen LogP contribution in [0.3, 0.4) is 0 Å². The van der Waals surface area contributed by atoms with Gasteiger partial charge >= 0.3 is 0 Å². The first kappa shape index (κ1) is 23.3. The van der Waals surface area contributed by atoms with Crippen molar-refractivity contribution in [3.05, 3.63) is 75.7 Å². The van der Waals surface area contributed by atoms with Crippen molar-refractivity contribution in [2.45, 2.75) is 32.6 Å². The lowest BCUT2D eigenvalue weighted by molar-refractivity contribution is 0.285. The summed E-state index contributed by atoms with van der Waals surface area (Å²) in [6, 6.07) is 14.6. The Morgan fingerprint density at radius 2 is 1.94 bits per heavy atom. The molecule has 1 N–H and O–H groups in total. The van der Waals surface area contributed by atoms with Gasteiger partial charge in [-0.15, -0.1) is 0 Å². The highest BCUT2D eigenvalue weighted by atomic mass is 35.5. The summed E-state index contributed by atoms with van der Waals surface area (Å²) >= 11 is 6.23. The highest BCUT2D eigenvalue weighted by Crippen LogP contribution is 2.28. The van der Waals surface area contributed by atoms with E-state index in [-0.39, 0.29) is 5.02 Å². The zero-order valence-electron chi connectivity index (χ0n) is 18.3. The highest BCUT2D eigenvalue weighted by Gasteiger charge is 2.10. The zero-order valence-corrected chi connectivity index (χ0v) is 19.0. The Morgan fingerprint density at radius 1 is 1.12 bits per heavy atom. The van der Waals surface area contributed by atoms with Crippen molar-refractivity contribution in [3.63, 3.8) is 0 Å². The number of para-hydroxylation sites is 1. The SMILES string of the molecule is CCCCCCOc1ccc(/C=N\Nc2cnn(-c3ccccc3)c(=O)c2Cl)cc1OC. The standard InChI is InChI=1S/C24H27ClN4O3/c1-3-4-5-9-14-32-21-13-12-18(15-22(21)31-2)16-26-28-20-17-27-29(24(30)23(20)25)19-10-7-6-8-11-19/h6-8,10-13,15-17,28H,3-5,9,14H2,1-2H3/b26-16-. The van der Waals surface area contributed by atoms with Gasteiger partial charge in [0, 0.05) is 0 Å². The molecule has 7 nitrogen and oxygen atoms in total. The van der Waals surface area contributed by atoms with Crippen LogP contribution in [0.15, 0.2) is 64.6 Å². The average Bonchev–Trinajstić information content (AvgIpc) is 2.83. The van der Waals surface area contributed by atoms with Crippen LogP contribution < -0.4 is 20.5 Å². The summed E-state index contributed by atoms with van der Waals surface area (Å²) in [5.41, 5.74) is 4.10. The molecule has 0 aliphatic carbocycles. The number of benzene rings is 2.